The van der Waals surface area contributed by atoms with Gasteiger partial charge in [0.1, 0.15) is 16.4 Å². The van der Waals surface area contributed by atoms with Crippen molar-refractivity contribution in [3.05, 3.63) is 59.2 Å². The van der Waals surface area contributed by atoms with Crippen LogP contribution in [0.2, 0.25) is 0 Å². The Morgan fingerprint density at radius 3 is 2.60 bits per heavy atom. The fourth-order valence-corrected chi connectivity index (χ4v) is 3.16. The first-order chi connectivity index (χ1) is 12.0. The number of ether oxygens (including phenoxy) is 2. The van der Waals surface area contributed by atoms with E-state index in [0.717, 1.165) is 10.1 Å². The van der Waals surface area contributed by atoms with E-state index >= 15 is 0 Å². The highest BCUT2D eigenvalue weighted by Crippen LogP contribution is 2.28. The number of rotatable bonds is 5. The molecular weight excluding hydrogens is 345 g/mol. The largest absolute Gasteiger partial charge is 0.484 e. The summed E-state index contributed by atoms with van der Waals surface area (Å²) >= 11 is 1.32. The molecule has 2 aromatic carbocycles. The molecule has 1 heterocycles. The zero-order chi connectivity index (χ0) is 17.8. The number of anilines is 1. The van der Waals surface area contributed by atoms with Crippen LogP contribution in [0.3, 0.4) is 0 Å². The first kappa shape index (κ1) is 16.9. The van der Waals surface area contributed by atoms with Gasteiger partial charge in [-0.3, -0.25) is 4.79 Å². The quantitative estimate of drug-likeness (QED) is 0.703. The predicted octanol–water partition coefficient (Wildman–Crippen LogP) is 3.84. The van der Waals surface area contributed by atoms with Gasteiger partial charge >= 0.3 is 5.97 Å². The van der Waals surface area contributed by atoms with Crippen molar-refractivity contribution in [1.82, 2.24) is 0 Å². The molecule has 5 nitrogen and oxygen atoms in total. The molecule has 0 radical (unpaired) electrons. The first-order valence-corrected chi connectivity index (χ1v) is 8.17. The van der Waals surface area contributed by atoms with Crippen molar-refractivity contribution in [2.75, 3.05) is 19.0 Å². The minimum Gasteiger partial charge on any atom is -0.484 e. The monoisotopic (exact) mass is 359 g/mol. The van der Waals surface area contributed by atoms with Gasteiger partial charge in [0.15, 0.2) is 6.61 Å². The molecule has 0 aliphatic carbocycles. The second kappa shape index (κ2) is 7.31. The van der Waals surface area contributed by atoms with Gasteiger partial charge in [-0.05, 0) is 53.9 Å². The summed E-state index contributed by atoms with van der Waals surface area (Å²) < 4.78 is 23.7. The first-order valence-electron chi connectivity index (χ1n) is 7.35. The van der Waals surface area contributed by atoms with Gasteiger partial charge in [0.2, 0.25) is 0 Å². The van der Waals surface area contributed by atoms with Crippen LogP contribution in [-0.2, 0) is 9.53 Å². The average molecular weight is 359 g/mol. The number of methoxy groups -OCH3 is 1. The molecule has 3 rings (SSSR count). The molecule has 0 aliphatic heterocycles. The number of thiophene rings is 1. The van der Waals surface area contributed by atoms with Crippen molar-refractivity contribution < 1.29 is 23.5 Å². The molecule has 0 saturated carbocycles. The Labute approximate surface area is 147 Å². The van der Waals surface area contributed by atoms with E-state index in [1.54, 1.807) is 18.2 Å². The molecule has 0 unspecified atom stereocenters. The van der Waals surface area contributed by atoms with E-state index < -0.39 is 0 Å². The molecule has 1 N–H and O–H groups in total. The lowest BCUT2D eigenvalue weighted by atomic mass is 10.2. The van der Waals surface area contributed by atoms with Gasteiger partial charge in [0.05, 0.1) is 7.11 Å². The molecule has 0 aliphatic rings. The van der Waals surface area contributed by atoms with E-state index in [4.69, 9.17) is 9.47 Å². The van der Waals surface area contributed by atoms with Gasteiger partial charge in [-0.15, -0.1) is 11.3 Å². The van der Waals surface area contributed by atoms with Crippen LogP contribution in [0.5, 0.6) is 5.75 Å². The topological polar surface area (TPSA) is 64.6 Å². The van der Waals surface area contributed by atoms with Crippen LogP contribution >= 0.6 is 11.3 Å². The van der Waals surface area contributed by atoms with Crippen molar-refractivity contribution in [1.29, 1.82) is 0 Å². The fourth-order valence-electron chi connectivity index (χ4n) is 2.20. The van der Waals surface area contributed by atoms with Crippen LogP contribution in [0.1, 0.15) is 9.67 Å². The van der Waals surface area contributed by atoms with Gasteiger partial charge in [-0.2, -0.15) is 0 Å². The molecule has 0 saturated heterocycles. The molecule has 1 aromatic heterocycles. The van der Waals surface area contributed by atoms with Gasteiger partial charge in [-0.1, -0.05) is 0 Å². The lowest BCUT2D eigenvalue weighted by Gasteiger charge is -2.07. The zero-order valence-electron chi connectivity index (χ0n) is 13.2. The minimum absolute atomic E-state index is 0.194. The summed E-state index contributed by atoms with van der Waals surface area (Å²) in [6.45, 7) is -0.194. The zero-order valence-corrected chi connectivity index (χ0v) is 14.1. The van der Waals surface area contributed by atoms with Gasteiger partial charge in [0.25, 0.3) is 5.91 Å². The summed E-state index contributed by atoms with van der Waals surface area (Å²) in [4.78, 5) is 24.0. The number of hydrogen-bond acceptors (Lipinski definition) is 5. The normalized spacial score (nSPS) is 10.5. The average Bonchev–Trinajstić information content (AvgIpc) is 3.04. The standard InChI is InChI=1S/C18H14FNO4S/c1-23-18(22)16-9-11-8-13(4-7-15(11)25-16)20-17(21)10-24-14-5-2-12(19)3-6-14/h2-9H,10H2,1H3,(H,20,21). The number of amides is 1. The van der Waals surface area contributed by atoms with E-state index in [-0.39, 0.29) is 24.3 Å². The van der Waals surface area contributed by atoms with Crippen LogP contribution in [-0.4, -0.2) is 25.6 Å². The summed E-state index contributed by atoms with van der Waals surface area (Å²) in [5.74, 6) is -0.689. The third-order valence-corrected chi connectivity index (χ3v) is 4.47. The molecule has 25 heavy (non-hydrogen) atoms. The summed E-state index contributed by atoms with van der Waals surface area (Å²) in [5, 5.41) is 3.55. The van der Waals surface area contributed by atoms with Gasteiger partial charge in [0, 0.05) is 10.4 Å². The van der Waals surface area contributed by atoms with E-state index in [0.29, 0.717) is 16.3 Å². The highest BCUT2D eigenvalue weighted by molar-refractivity contribution is 7.20. The van der Waals surface area contributed by atoms with E-state index in [2.05, 4.69) is 5.32 Å². The number of carbonyl (C=O) groups is 2. The molecular formula is C18H14FNO4S. The highest BCUT2D eigenvalue weighted by atomic mass is 32.1. The molecule has 128 valence electrons. The van der Waals surface area contributed by atoms with Crippen molar-refractivity contribution in [2.24, 2.45) is 0 Å². The molecule has 0 atom stereocenters. The summed E-state index contributed by atoms with van der Waals surface area (Å²) in [7, 11) is 1.33. The molecule has 0 bridgehead atoms. The lowest BCUT2D eigenvalue weighted by molar-refractivity contribution is -0.118. The molecule has 7 heteroatoms. The highest BCUT2D eigenvalue weighted by Gasteiger charge is 2.11. The van der Waals surface area contributed by atoms with Crippen LogP contribution in [0.15, 0.2) is 48.5 Å². The second-order valence-electron chi connectivity index (χ2n) is 5.15. The van der Waals surface area contributed by atoms with Gasteiger partial charge in [-0.25, -0.2) is 9.18 Å². The molecule has 0 fully saturated rings. The smallest absolute Gasteiger partial charge is 0.348 e. The van der Waals surface area contributed by atoms with Gasteiger partial charge < -0.3 is 14.8 Å². The molecule has 0 spiro atoms. The number of benzene rings is 2. The van der Waals surface area contributed by atoms with Crippen molar-refractivity contribution in [3.8, 4) is 5.75 Å². The second-order valence-corrected chi connectivity index (χ2v) is 6.23. The maximum Gasteiger partial charge on any atom is 0.348 e. The molecule has 3 aromatic rings. The van der Waals surface area contributed by atoms with Crippen molar-refractivity contribution >= 4 is 39.0 Å². The number of esters is 1. The number of hydrogen-bond donors (Lipinski definition) is 1. The predicted molar refractivity (Wildman–Crippen MR) is 93.7 cm³/mol. The Hall–Kier alpha value is -2.93. The van der Waals surface area contributed by atoms with Crippen molar-refractivity contribution in [3.63, 3.8) is 0 Å². The fraction of sp³-hybridized carbons (Fsp3) is 0.111. The SMILES string of the molecule is COC(=O)c1cc2cc(NC(=O)COc3ccc(F)cc3)ccc2s1. The Kier molecular flexibility index (Phi) is 4.95. The maximum absolute atomic E-state index is 12.8. The van der Waals surface area contributed by atoms with Crippen LogP contribution < -0.4 is 10.1 Å². The van der Waals surface area contributed by atoms with Crippen LogP contribution in [0.4, 0.5) is 10.1 Å². The number of nitrogens with one attached hydrogen (secondary N) is 1. The third kappa shape index (κ3) is 4.13. The molecule has 1 amide bonds. The van der Waals surface area contributed by atoms with Crippen molar-refractivity contribution in [2.45, 2.75) is 0 Å². The van der Waals surface area contributed by atoms with Crippen LogP contribution in [0.25, 0.3) is 10.1 Å². The maximum atomic E-state index is 12.8. The minimum atomic E-state index is -0.389. The van der Waals surface area contributed by atoms with E-state index in [1.165, 1.54) is 42.7 Å². The van der Waals surface area contributed by atoms with Crippen LogP contribution in [0, 0.1) is 5.82 Å². The summed E-state index contributed by atoms with van der Waals surface area (Å²) in [5.41, 5.74) is 0.592. The third-order valence-electron chi connectivity index (χ3n) is 3.37. The Balaban J connectivity index is 1.64. The van der Waals surface area contributed by atoms with E-state index in [1.807, 2.05) is 6.07 Å². The Morgan fingerprint density at radius 1 is 1.12 bits per heavy atom. The number of halogens is 1. The Morgan fingerprint density at radius 2 is 1.88 bits per heavy atom. The Bertz CT molecular complexity index is 920. The summed E-state index contributed by atoms with van der Waals surface area (Å²) in [6.07, 6.45) is 0. The lowest BCUT2D eigenvalue weighted by Crippen LogP contribution is -2.20. The number of carbonyl (C=O) groups excluding carboxylic acids is 2. The van der Waals surface area contributed by atoms with E-state index in [9.17, 15) is 14.0 Å². The number of fused-ring (bicyclic) bond motifs is 1. The summed E-state index contributed by atoms with van der Waals surface area (Å²) in [6, 6.07) is 12.5.